The van der Waals surface area contributed by atoms with Crippen LogP contribution < -0.4 is 10.6 Å². The lowest BCUT2D eigenvalue weighted by Crippen LogP contribution is -2.37. The van der Waals surface area contributed by atoms with E-state index in [-0.39, 0.29) is 0 Å². The molecule has 4 heteroatoms. The summed E-state index contributed by atoms with van der Waals surface area (Å²) < 4.78 is 0. The first-order chi connectivity index (χ1) is 11.3. The number of rotatable bonds is 7. The molecule has 0 amide bonds. The zero-order valence-electron chi connectivity index (χ0n) is 14.0. The second kappa shape index (κ2) is 9.62. The van der Waals surface area contributed by atoms with Gasteiger partial charge in [0, 0.05) is 12.7 Å². The highest BCUT2D eigenvalue weighted by Gasteiger charge is 2.00. The lowest BCUT2D eigenvalue weighted by Gasteiger charge is -2.12. The normalized spacial score (nSPS) is 11.3. The second-order valence-electron chi connectivity index (χ2n) is 5.61. The fourth-order valence-electron chi connectivity index (χ4n) is 2.10. The molecule has 0 fully saturated rings. The minimum absolute atomic E-state index is 0.671. The topological polar surface area (TPSA) is 49.3 Å². The Morgan fingerprint density at radius 3 is 2.61 bits per heavy atom. The number of nitrogens with one attached hydrogen (secondary N) is 2. The van der Waals surface area contributed by atoms with Gasteiger partial charge in [-0.25, -0.2) is 4.99 Å². The maximum Gasteiger partial charge on any atom is 0.191 e. The molecule has 2 rings (SSSR count). The van der Waals surface area contributed by atoms with Gasteiger partial charge in [-0.1, -0.05) is 49.2 Å². The van der Waals surface area contributed by atoms with Crippen molar-refractivity contribution >= 4 is 5.96 Å². The largest absolute Gasteiger partial charge is 0.356 e. The second-order valence-corrected chi connectivity index (χ2v) is 5.61. The van der Waals surface area contributed by atoms with E-state index in [4.69, 9.17) is 0 Å². The van der Waals surface area contributed by atoms with Crippen LogP contribution >= 0.6 is 0 Å². The summed E-state index contributed by atoms with van der Waals surface area (Å²) in [6.45, 7) is 6.56. The highest BCUT2D eigenvalue weighted by molar-refractivity contribution is 5.79. The molecule has 1 heterocycles. The molecule has 1 aromatic heterocycles. The van der Waals surface area contributed by atoms with Crippen LogP contribution in [-0.2, 0) is 13.1 Å². The number of hydrogen-bond donors (Lipinski definition) is 2. The van der Waals surface area contributed by atoms with Crippen LogP contribution in [0.5, 0.6) is 0 Å². The van der Waals surface area contributed by atoms with E-state index in [1.54, 1.807) is 0 Å². The molecule has 2 N–H and O–H groups in total. The number of hydrogen-bond acceptors (Lipinski definition) is 2. The van der Waals surface area contributed by atoms with Crippen molar-refractivity contribution in [1.29, 1.82) is 0 Å². The Morgan fingerprint density at radius 1 is 1.09 bits per heavy atom. The Bertz CT molecular complexity index is 591. The molecule has 0 spiro atoms. The molecular formula is C19H26N4. The summed E-state index contributed by atoms with van der Waals surface area (Å²) in [4.78, 5) is 9.01. The highest BCUT2D eigenvalue weighted by Crippen LogP contribution is 2.04. The summed E-state index contributed by atoms with van der Waals surface area (Å²) in [6, 6.07) is 14.4. The van der Waals surface area contributed by atoms with Gasteiger partial charge in [0.15, 0.2) is 5.96 Å². The maximum absolute atomic E-state index is 4.68. The predicted octanol–water partition coefficient (Wildman–Crippen LogP) is 3.43. The first-order valence-corrected chi connectivity index (χ1v) is 8.25. The predicted molar refractivity (Wildman–Crippen MR) is 96.3 cm³/mol. The lowest BCUT2D eigenvalue weighted by atomic mass is 10.1. The molecule has 0 atom stereocenters. The fraction of sp³-hybridized carbons (Fsp3) is 0.368. The van der Waals surface area contributed by atoms with Crippen molar-refractivity contribution in [1.82, 2.24) is 15.6 Å². The molecule has 122 valence electrons. The average Bonchev–Trinajstić information content (AvgIpc) is 2.59. The molecule has 0 radical (unpaired) electrons. The van der Waals surface area contributed by atoms with Gasteiger partial charge < -0.3 is 10.6 Å². The molecule has 1 aromatic carbocycles. The molecule has 0 saturated carbocycles. The summed E-state index contributed by atoms with van der Waals surface area (Å²) in [6.07, 6.45) is 4.11. The number of aliphatic imine (C=N–C) groups is 1. The molecule has 0 unspecified atom stereocenters. The van der Waals surface area contributed by atoms with Crippen LogP contribution in [0.15, 0.2) is 53.7 Å². The molecule has 4 nitrogen and oxygen atoms in total. The fourth-order valence-corrected chi connectivity index (χ4v) is 2.10. The van der Waals surface area contributed by atoms with Crippen molar-refractivity contribution in [3.63, 3.8) is 0 Å². The van der Waals surface area contributed by atoms with Gasteiger partial charge in [-0.2, -0.15) is 0 Å². The van der Waals surface area contributed by atoms with Crippen LogP contribution in [0.3, 0.4) is 0 Å². The first kappa shape index (κ1) is 17.0. The molecule has 0 aliphatic heterocycles. The molecule has 2 aromatic rings. The van der Waals surface area contributed by atoms with Crippen molar-refractivity contribution in [2.75, 3.05) is 6.54 Å². The van der Waals surface area contributed by atoms with Crippen molar-refractivity contribution < 1.29 is 0 Å². The number of guanidine groups is 1. The number of aromatic nitrogens is 1. The van der Waals surface area contributed by atoms with Crippen LogP contribution in [0.2, 0.25) is 0 Å². The van der Waals surface area contributed by atoms with E-state index in [0.717, 1.165) is 24.6 Å². The molecule has 0 aliphatic carbocycles. The Balaban J connectivity index is 1.94. The van der Waals surface area contributed by atoms with E-state index >= 15 is 0 Å². The van der Waals surface area contributed by atoms with Crippen molar-refractivity contribution in [3.8, 4) is 0 Å². The number of unbranched alkanes of at least 4 members (excludes halogenated alkanes) is 1. The third kappa shape index (κ3) is 6.51. The van der Waals surface area contributed by atoms with E-state index in [2.05, 4.69) is 58.7 Å². The summed E-state index contributed by atoms with van der Waals surface area (Å²) in [5.41, 5.74) is 3.49. The maximum atomic E-state index is 4.68. The Labute approximate surface area is 139 Å². The highest BCUT2D eigenvalue weighted by atomic mass is 15.2. The first-order valence-electron chi connectivity index (χ1n) is 8.25. The van der Waals surface area contributed by atoms with Gasteiger partial charge in [-0.3, -0.25) is 4.98 Å². The quantitative estimate of drug-likeness (QED) is 0.468. The van der Waals surface area contributed by atoms with Crippen LogP contribution in [-0.4, -0.2) is 17.5 Å². The average molecular weight is 310 g/mol. The van der Waals surface area contributed by atoms with Crippen LogP contribution in [0.4, 0.5) is 0 Å². The lowest BCUT2D eigenvalue weighted by molar-refractivity contribution is 0.721. The minimum Gasteiger partial charge on any atom is -0.356 e. The molecule has 0 bridgehead atoms. The number of aryl methyl sites for hydroxylation is 1. The third-order valence-electron chi connectivity index (χ3n) is 3.53. The molecule has 23 heavy (non-hydrogen) atoms. The van der Waals surface area contributed by atoms with Gasteiger partial charge in [0.05, 0.1) is 18.8 Å². The van der Waals surface area contributed by atoms with Crippen molar-refractivity contribution in [2.45, 2.75) is 39.8 Å². The third-order valence-corrected chi connectivity index (χ3v) is 3.53. The molecule has 0 aliphatic rings. The van der Waals surface area contributed by atoms with E-state index in [0.29, 0.717) is 13.1 Å². The van der Waals surface area contributed by atoms with Crippen molar-refractivity contribution in [3.05, 3.63) is 65.5 Å². The van der Waals surface area contributed by atoms with Gasteiger partial charge in [-0.15, -0.1) is 0 Å². The molecule has 0 saturated heterocycles. The van der Waals surface area contributed by atoms with Crippen LogP contribution in [0.25, 0.3) is 0 Å². The van der Waals surface area contributed by atoms with E-state index in [1.807, 2.05) is 24.4 Å². The zero-order valence-corrected chi connectivity index (χ0v) is 14.0. The van der Waals surface area contributed by atoms with Crippen LogP contribution in [0.1, 0.15) is 36.6 Å². The van der Waals surface area contributed by atoms with Crippen LogP contribution in [0, 0.1) is 6.92 Å². The smallest absolute Gasteiger partial charge is 0.191 e. The summed E-state index contributed by atoms with van der Waals surface area (Å²) in [7, 11) is 0. The molecular weight excluding hydrogens is 284 g/mol. The summed E-state index contributed by atoms with van der Waals surface area (Å²) in [5.74, 6) is 0.838. The van der Waals surface area contributed by atoms with Gasteiger partial charge in [0.25, 0.3) is 0 Å². The van der Waals surface area contributed by atoms with E-state index in [9.17, 15) is 0 Å². The van der Waals surface area contributed by atoms with Gasteiger partial charge in [0.1, 0.15) is 0 Å². The Hall–Kier alpha value is -2.36. The van der Waals surface area contributed by atoms with E-state index in [1.165, 1.54) is 17.5 Å². The number of nitrogens with zero attached hydrogens (tertiary/aromatic N) is 2. The standard InChI is InChI=1S/C19H26N4/c1-3-4-12-21-19(23-15-18-7-5-6-13-20-18)22-14-17-10-8-16(2)9-11-17/h5-11,13H,3-4,12,14-15H2,1-2H3,(H2,21,22,23). The van der Waals surface area contributed by atoms with Gasteiger partial charge in [-0.05, 0) is 31.0 Å². The Morgan fingerprint density at radius 2 is 1.91 bits per heavy atom. The van der Waals surface area contributed by atoms with Crippen molar-refractivity contribution in [2.24, 2.45) is 4.99 Å². The van der Waals surface area contributed by atoms with Gasteiger partial charge >= 0.3 is 0 Å². The zero-order chi connectivity index (χ0) is 16.3. The summed E-state index contributed by atoms with van der Waals surface area (Å²) >= 11 is 0. The number of pyridine rings is 1. The Kier molecular flexibility index (Phi) is 7.11. The van der Waals surface area contributed by atoms with E-state index < -0.39 is 0 Å². The summed E-state index contributed by atoms with van der Waals surface area (Å²) in [5, 5.41) is 6.74. The number of benzene rings is 1. The minimum atomic E-state index is 0.671. The SMILES string of the molecule is CCCCNC(=NCc1ccc(C)cc1)NCc1ccccn1. The van der Waals surface area contributed by atoms with Gasteiger partial charge in [0.2, 0.25) is 0 Å². The monoisotopic (exact) mass is 310 g/mol.